The summed E-state index contributed by atoms with van der Waals surface area (Å²) in [6, 6.07) is 10.5. The summed E-state index contributed by atoms with van der Waals surface area (Å²) < 4.78 is 7.87. The molecule has 0 saturated heterocycles. The van der Waals surface area contributed by atoms with Gasteiger partial charge in [0.25, 0.3) is 0 Å². The van der Waals surface area contributed by atoms with E-state index in [2.05, 4.69) is 44.3 Å². The van der Waals surface area contributed by atoms with Gasteiger partial charge in [0.2, 0.25) is 5.91 Å². The standard InChI is InChI=1S/C29H32N6O2/c30-29-26-27(21-15-19-7-1-2-11-24(19)31-18-21)34-35-23-10-5-9-22(16-23)33-25(36)12-6-14-37-13-4-3-8-20(17-32-29)28(26)35/h1-3,7-8,11,15,17-18,22-23H,4-6,9-10,12-14,16H2,(H2,30,32)(H,33,36)/b8-3+/t22-,23-/m1/s1. The van der Waals surface area contributed by atoms with E-state index in [1.807, 2.05) is 30.6 Å². The molecule has 190 valence electrons. The van der Waals surface area contributed by atoms with Crippen LogP contribution in [0.5, 0.6) is 0 Å². The van der Waals surface area contributed by atoms with Crippen LogP contribution >= 0.6 is 0 Å². The minimum Gasteiger partial charge on any atom is -0.383 e. The summed E-state index contributed by atoms with van der Waals surface area (Å²) in [5, 5.41) is 10.3. The lowest BCUT2D eigenvalue weighted by Crippen LogP contribution is -2.39. The molecule has 1 aromatic carbocycles. The number of anilines is 1. The van der Waals surface area contributed by atoms with Crippen molar-refractivity contribution in [2.45, 2.75) is 57.0 Å². The Labute approximate surface area is 215 Å². The molecule has 3 aromatic heterocycles. The van der Waals surface area contributed by atoms with E-state index in [1.54, 1.807) is 0 Å². The fraction of sp³-hybridized carbons (Fsp3) is 0.379. The van der Waals surface area contributed by atoms with Crippen molar-refractivity contribution >= 4 is 39.6 Å². The van der Waals surface area contributed by atoms with Crippen LogP contribution in [-0.2, 0) is 9.53 Å². The van der Waals surface area contributed by atoms with Gasteiger partial charge in [0.15, 0.2) is 0 Å². The number of ether oxygens (including phenoxy) is 1. The van der Waals surface area contributed by atoms with Gasteiger partial charge in [0.05, 0.1) is 29.1 Å². The van der Waals surface area contributed by atoms with Gasteiger partial charge in [-0.15, -0.1) is 0 Å². The van der Waals surface area contributed by atoms with Gasteiger partial charge in [-0.05, 0) is 50.7 Å². The van der Waals surface area contributed by atoms with Gasteiger partial charge in [0.1, 0.15) is 11.5 Å². The van der Waals surface area contributed by atoms with Gasteiger partial charge >= 0.3 is 0 Å². The van der Waals surface area contributed by atoms with Crippen LogP contribution in [0.3, 0.4) is 0 Å². The Bertz CT molecular complexity index is 1480. The first-order chi connectivity index (χ1) is 18.2. The summed E-state index contributed by atoms with van der Waals surface area (Å²) in [6.45, 7) is 1.21. The van der Waals surface area contributed by atoms with Gasteiger partial charge in [-0.25, -0.2) is 4.98 Å². The van der Waals surface area contributed by atoms with Gasteiger partial charge in [-0.1, -0.05) is 30.4 Å². The fourth-order valence-corrected chi connectivity index (χ4v) is 5.62. The largest absolute Gasteiger partial charge is 0.383 e. The second-order valence-corrected chi connectivity index (χ2v) is 10.0. The van der Waals surface area contributed by atoms with Crippen LogP contribution in [-0.4, -0.2) is 44.9 Å². The molecule has 0 radical (unpaired) electrons. The van der Waals surface area contributed by atoms with Crippen LogP contribution in [0, 0.1) is 0 Å². The number of nitrogen functional groups attached to an aromatic ring is 1. The minimum absolute atomic E-state index is 0.101. The van der Waals surface area contributed by atoms with E-state index in [-0.39, 0.29) is 18.0 Å². The zero-order valence-corrected chi connectivity index (χ0v) is 20.9. The number of carbonyl (C=O) groups is 1. The van der Waals surface area contributed by atoms with Gasteiger partial charge in [-0.2, -0.15) is 5.10 Å². The van der Waals surface area contributed by atoms with Crippen LogP contribution in [0.25, 0.3) is 39.1 Å². The maximum Gasteiger partial charge on any atom is 0.220 e. The Balaban J connectivity index is 1.51. The van der Waals surface area contributed by atoms with Crippen molar-refractivity contribution in [2.24, 2.45) is 0 Å². The van der Waals surface area contributed by atoms with Crippen molar-refractivity contribution in [3.63, 3.8) is 0 Å². The number of fused-ring (bicyclic) bond motifs is 4. The van der Waals surface area contributed by atoms with Gasteiger partial charge in [0, 0.05) is 48.0 Å². The summed E-state index contributed by atoms with van der Waals surface area (Å²) in [4.78, 5) is 21.8. The molecule has 6 rings (SSSR count). The highest BCUT2D eigenvalue weighted by molar-refractivity contribution is 6.04. The molecule has 1 aliphatic heterocycles. The van der Waals surface area contributed by atoms with E-state index < -0.39 is 0 Å². The quantitative estimate of drug-likeness (QED) is 0.382. The Morgan fingerprint density at radius 2 is 2.00 bits per heavy atom. The number of benzene rings is 1. The van der Waals surface area contributed by atoms with E-state index in [9.17, 15) is 4.79 Å². The third kappa shape index (κ3) is 4.81. The number of nitrogens with one attached hydrogen (secondary N) is 1. The molecule has 0 unspecified atom stereocenters. The molecular formula is C29H32N6O2. The van der Waals surface area contributed by atoms with E-state index >= 15 is 0 Å². The molecule has 3 N–H and O–H groups in total. The SMILES string of the molecule is Nc1ncc2c3c1c(-c1cnc4ccccc4c1)nn3[C@@H]1CCC[C@H](C1)NC(=O)CCCOCC/C=C/2. The number of amides is 1. The second-order valence-electron chi connectivity index (χ2n) is 10.0. The lowest BCUT2D eigenvalue weighted by molar-refractivity contribution is -0.122. The summed E-state index contributed by atoms with van der Waals surface area (Å²) in [5.74, 6) is 0.559. The lowest BCUT2D eigenvalue weighted by Gasteiger charge is -2.30. The number of nitrogens with two attached hydrogens (primary N) is 1. The predicted molar refractivity (Wildman–Crippen MR) is 146 cm³/mol. The van der Waals surface area contributed by atoms with Crippen molar-refractivity contribution < 1.29 is 9.53 Å². The van der Waals surface area contributed by atoms with Crippen molar-refractivity contribution in [1.29, 1.82) is 0 Å². The number of pyridine rings is 2. The van der Waals surface area contributed by atoms with E-state index in [1.165, 1.54) is 0 Å². The van der Waals surface area contributed by atoms with Crippen LogP contribution < -0.4 is 11.1 Å². The Hall–Kier alpha value is -3.78. The number of rotatable bonds is 1. The van der Waals surface area contributed by atoms with E-state index in [0.29, 0.717) is 25.5 Å². The minimum atomic E-state index is 0.101. The molecule has 0 spiro atoms. The van der Waals surface area contributed by atoms with Crippen molar-refractivity contribution in [3.05, 3.63) is 54.4 Å². The molecule has 1 aliphatic carbocycles. The molecule has 8 heteroatoms. The Morgan fingerprint density at radius 3 is 2.95 bits per heavy atom. The molecule has 2 aliphatic rings. The highest BCUT2D eigenvalue weighted by Crippen LogP contribution is 2.39. The molecule has 4 heterocycles. The van der Waals surface area contributed by atoms with Crippen LogP contribution in [0.1, 0.15) is 56.6 Å². The topological polar surface area (TPSA) is 108 Å². The zero-order valence-electron chi connectivity index (χ0n) is 20.9. The summed E-state index contributed by atoms with van der Waals surface area (Å²) in [6.07, 6.45) is 13.8. The monoisotopic (exact) mass is 496 g/mol. The molecule has 1 amide bonds. The first-order valence-electron chi connectivity index (χ1n) is 13.2. The number of aromatic nitrogens is 4. The average Bonchev–Trinajstić information content (AvgIpc) is 3.32. The van der Waals surface area contributed by atoms with Crippen LogP contribution in [0.15, 0.2) is 48.8 Å². The molecule has 8 nitrogen and oxygen atoms in total. The number of hydrogen-bond donors (Lipinski definition) is 2. The Kier molecular flexibility index (Phi) is 6.57. The highest BCUT2D eigenvalue weighted by atomic mass is 16.5. The van der Waals surface area contributed by atoms with Crippen molar-refractivity contribution in [1.82, 2.24) is 25.1 Å². The number of carbonyl (C=O) groups excluding carboxylic acids is 1. The van der Waals surface area contributed by atoms with Gasteiger partial charge < -0.3 is 15.8 Å². The van der Waals surface area contributed by atoms with Crippen LogP contribution in [0.4, 0.5) is 5.82 Å². The second kappa shape index (κ2) is 10.3. The maximum absolute atomic E-state index is 12.6. The summed E-state index contributed by atoms with van der Waals surface area (Å²) in [5.41, 5.74) is 11.1. The Morgan fingerprint density at radius 1 is 1.08 bits per heavy atom. The zero-order chi connectivity index (χ0) is 25.2. The summed E-state index contributed by atoms with van der Waals surface area (Å²) >= 11 is 0. The fourth-order valence-electron chi connectivity index (χ4n) is 5.62. The number of hydrogen-bond acceptors (Lipinski definition) is 6. The van der Waals surface area contributed by atoms with Crippen LogP contribution in [0.2, 0.25) is 0 Å². The molecule has 37 heavy (non-hydrogen) atoms. The smallest absolute Gasteiger partial charge is 0.220 e. The van der Waals surface area contributed by atoms with Crippen molar-refractivity contribution in [2.75, 3.05) is 18.9 Å². The predicted octanol–water partition coefficient (Wildman–Crippen LogP) is 5.04. The third-order valence-corrected chi connectivity index (χ3v) is 7.42. The first kappa shape index (κ1) is 23.6. The molecule has 2 bridgehead atoms. The van der Waals surface area contributed by atoms with Crippen molar-refractivity contribution in [3.8, 4) is 11.3 Å². The molecule has 4 aromatic rings. The first-order valence-corrected chi connectivity index (χ1v) is 13.2. The average molecular weight is 497 g/mol. The van der Waals surface area contributed by atoms with E-state index in [0.717, 1.165) is 77.2 Å². The molecule has 2 atom stereocenters. The molecular weight excluding hydrogens is 464 g/mol. The highest BCUT2D eigenvalue weighted by Gasteiger charge is 2.29. The number of para-hydroxylation sites is 1. The maximum atomic E-state index is 12.6. The normalized spacial score (nSPS) is 22.1. The number of nitrogens with zero attached hydrogens (tertiary/aromatic N) is 4. The van der Waals surface area contributed by atoms with Gasteiger partial charge in [-0.3, -0.25) is 14.5 Å². The van der Waals surface area contributed by atoms with E-state index in [4.69, 9.17) is 15.6 Å². The molecule has 1 saturated carbocycles. The molecule has 1 fully saturated rings. The third-order valence-electron chi connectivity index (χ3n) is 7.42. The summed E-state index contributed by atoms with van der Waals surface area (Å²) in [7, 11) is 0. The lowest BCUT2D eigenvalue weighted by atomic mass is 9.90.